The summed E-state index contributed by atoms with van der Waals surface area (Å²) >= 11 is 5.93. The van der Waals surface area contributed by atoms with E-state index in [2.05, 4.69) is 5.32 Å². The van der Waals surface area contributed by atoms with E-state index in [0.29, 0.717) is 18.0 Å². The lowest BCUT2D eigenvalue weighted by Gasteiger charge is -2.28. The number of hydrogen-bond donors (Lipinski definition) is 1. The first kappa shape index (κ1) is 12.9. The molecule has 1 N–H and O–H groups in total. The third kappa shape index (κ3) is 2.48. The Kier molecular flexibility index (Phi) is 3.30. The topological polar surface area (TPSA) is 49.4 Å². The van der Waals surface area contributed by atoms with E-state index in [0.717, 1.165) is 5.69 Å². The summed E-state index contributed by atoms with van der Waals surface area (Å²) in [4.78, 5) is 25.6. The van der Waals surface area contributed by atoms with Crippen molar-refractivity contribution < 1.29 is 9.59 Å². The number of halogens is 1. The quantitative estimate of drug-likeness (QED) is 0.845. The molecule has 0 unspecified atom stereocenters. The molecule has 0 aliphatic carbocycles. The normalized spacial score (nSPS) is 19.4. The van der Waals surface area contributed by atoms with Crippen molar-refractivity contribution in [2.45, 2.75) is 25.8 Å². The highest BCUT2D eigenvalue weighted by molar-refractivity contribution is 6.31. The van der Waals surface area contributed by atoms with Crippen LogP contribution in [-0.2, 0) is 9.59 Å². The van der Waals surface area contributed by atoms with Gasteiger partial charge in [-0.15, -0.1) is 0 Å². The average Bonchev–Trinajstić information content (AvgIpc) is 2.37. The molecule has 0 saturated carbocycles. The lowest BCUT2D eigenvalue weighted by molar-refractivity contribution is -0.128. The SMILES string of the molecule is CC1(C)NC(=O)CCN(c2cccc(Cl)c2)C1=O. The van der Waals surface area contributed by atoms with Crippen LogP contribution in [-0.4, -0.2) is 23.9 Å². The van der Waals surface area contributed by atoms with Gasteiger partial charge in [0.25, 0.3) is 5.91 Å². The van der Waals surface area contributed by atoms with Crippen LogP contribution in [0.25, 0.3) is 0 Å². The summed E-state index contributed by atoms with van der Waals surface area (Å²) in [5, 5.41) is 3.29. The van der Waals surface area contributed by atoms with E-state index in [-0.39, 0.29) is 11.8 Å². The number of benzene rings is 1. The van der Waals surface area contributed by atoms with Crippen LogP contribution in [0.15, 0.2) is 24.3 Å². The van der Waals surface area contributed by atoms with Crippen molar-refractivity contribution in [3.8, 4) is 0 Å². The third-order valence-electron chi connectivity index (χ3n) is 2.91. The maximum absolute atomic E-state index is 12.4. The van der Waals surface area contributed by atoms with E-state index in [4.69, 9.17) is 11.6 Å². The monoisotopic (exact) mass is 266 g/mol. The van der Waals surface area contributed by atoms with Crippen LogP contribution in [0.5, 0.6) is 0 Å². The lowest BCUT2D eigenvalue weighted by atomic mass is 10.0. The van der Waals surface area contributed by atoms with Gasteiger partial charge in [0.1, 0.15) is 5.54 Å². The van der Waals surface area contributed by atoms with Crippen molar-refractivity contribution in [2.24, 2.45) is 0 Å². The molecule has 0 aromatic heterocycles. The number of nitrogens with one attached hydrogen (secondary N) is 1. The Bertz CT molecular complexity index is 500. The second-order valence-electron chi connectivity index (χ2n) is 4.86. The highest BCUT2D eigenvalue weighted by Crippen LogP contribution is 2.24. The number of rotatable bonds is 1. The molecular formula is C13H15ClN2O2. The summed E-state index contributed by atoms with van der Waals surface area (Å²) in [5.41, 5.74) is -0.173. The fourth-order valence-electron chi connectivity index (χ4n) is 2.01. The van der Waals surface area contributed by atoms with Gasteiger partial charge in [0.2, 0.25) is 5.91 Å². The molecule has 18 heavy (non-hydrogen) atoms. The summed E-state index contributed by atoms with van der Waals surface area (Å²) in [6, 6.07) is 7.08. The van der Waals surface area contributed by atoms with Crippen molar-refractivity contribution in [1.82, 2.24) is 5.32 Å². The van der Waals surface area contributed by atoms with Crippen LogP contribution in [0.3, 0.4) is 0 Å². The molecule has 0 bridgehead atoms. The first-order chi connectivity index (χ1) is 8.40. The lowest BCUT2D eigenvalue weighted by Crippen LogP contribution is -2.53. The zero-order valence-corrected chi connectivity index (χ0v) is 11.1. The van der Waals surface area contributed by atoms with Crippen molar-refractivity contribution in [1.29, 1.82) is 0 Å². The molecule has 1 saturated heterocycles. The zero-order valence-electron chi connectivity index (χ0n) is 10.4. The maximum atomic E-state index is 12.4. The Morgan fingerprint density at radius 3 is 2.72 bits per heavy atom. The molecule has 96 valence electrons. The highest BCUT2D eigenvalue weighted by Gasteiger charge is 2.37. The minimum absolute atomic E-state index is 0.113. The smallest absolute Gasteiger partial charge is 0.252 e. The van der Waals surface area contributed by atoms with Crippen LogP contribution < -0.4 is 10.2 Å². The molecular weight excluding hydrogens is 252 g/mol. The van der Waals surface area contributed by atoms with Gasteiger partial charge >= 0.3 is 0 Å². The second-order valence-corrected chi connectivity index (χ2v) is 5.30. The van der Waals surface area contributed by atoms with Gasteiger partial charge in [-0.25, -0.2) is 0 Å². The highest BCUT2D eigenvalue weighted by atomic mass is 35.5. The van der Waals surface area contributed by atoms with E-state index in [1.54, 1.807) is 36.9 Å². The molecule has 1 aliphatic heterocycles. The summed E-state index contributed by atoms with van der Waals surface area (Å²) in [6.07, 6.45) is 0.293. The van der Waals surface area contributed by atoms with Gasteiger partial charge in [-0.1, -0.05) is 17.7 Å². The van der Waals surface area contributed by atoms with Crippen LogP contribution in [0.2, 0.25) is 5.02 Å². The number of anilines is 1. The van der Waals surface area contributed by atoms with Crippen molar-refractivity contribution in [3.63, 3.8) is 0 Å². The van der Waals surface area contributed by atoms with Gasteiger partial charge in [-0.3, -0.25) is 9.59 Å². The molecule has 1 heterocycles. The van der Waals surface area contributed by atoms with Crippen LogP contribution in [0.1, 0.15) is 20.3 Å². The van der Waals surface area contributed by atoms with Gasteiger partial charge < -0.3 is 10.2 Å². The van der Waals surface area contributed by atoms with Crippen LogP contribution >= 0.6 is 11.6 Å². The molecule has 2 amide bonds. The molecule has 1 aromatic rings. The largest absolute Gasteiger partial charge is 0.342 e. The molecule has 1 aromatic carbocycles. The second kappa shape index (κ2) is 4.61. The molecule has 4 nitrogen and oxygen atoms in total. The fraction of sp³-hybridized carbons (Fsp3) is 0.385. The van der Waals surface area contributed by atoms with E-state index in [9.17, 15) is 9.59 Å². The summed E-state index contributed by atoms with van der Waals surface area (Å²) in [7, 11) is 0. The summed E-state index contributed by atoms with van der Waals surface area (Å²) < 4.78 is 0. The van der Waals surface area contributed by atoms with Gasteiger partial charge in [0.15, 0.2) is 0 Å². The molecule has 1 aliphatic rings. The van der Waals surface area contributed by atoms with Gasteiger partial charge in [-0.2, -0.15) is 0 Å². The summed E-state index contributed by atoms with van der Waals surface area (Å²) in [6.45, 7) is 3.78. The van der Waals surface area contributed by atoms with Crippen LogP contribution in [0.4, 0.5) is 5.69 Å². The first-order valence-corrected chi connectivity index (χ1v) is 6.16. The van der Waals surface area contributed by atoms with Gasteiger partial charge in [0.05, 0.1) is 0 Å². The first-order valence-electron chi connectivity index (χ1n) is 5.79. The van der Waals surface area contributed by atoms with Crippen LogP contribution in [0, 0.1) is 0 Å². The van der Waals surface area contributed by atoms with Gasteiger partial charge in [0, 0.05) is 23.7 Å². The zero-order chi connectivity index (χ0) is 13.3. The fourth-order valence-corrected chi connectivity index (χ4v) is 2.19. The third-order valence-corrected chi connectivity index (χ3v) is 3.15. The number of carbonyl (C=O) groups excluding carboxylic acids is 2. The molecule has 0 radical (unpaired) electrons. The predicted octanol–water partition coefficient (Wildman–Crippen LogP) is 1.97. The van der Waals surface area contributed by atoms with Gasteiger partial charge in [-0.05, 0) is 32.0 Å². The van der Waals surface area contributed by atoms with E-state index in [1.165, 1.54) is 0 Å². The Morgan fingerprint density at radius 1 is 1.33 bits per heavy atom. The maximum Gasteiger partial charge on any atom is 0.252 e. The Balaban J connectivity index is 2.37. The number of carbonyl (C=O) groups is 2. The standard InChI is InChI=1S/C13H15ClN2O2/c1-13(2)12(18)16(7-6-11(17)15-13)10-5-3-4-9(14)8-10/h3-5,8H,6-7H2,1-2H3,(H,15,17). The molecule has 2 rings (SSSR count). The molecule has 5 heteroatoms. The molecule has 1 fully saturated rings. The number of hydrogen-bond acceptors (Lipinski definition) is 2. The van der Waals surface area contributed by atoms with Crippen molar-refractivity contribution in [2.75, 3.05) is 11.4 Å². The number of nitrogens with zero attached hydrogens (tertiary/aromatic N) is 1. The minimum Gasteiger partial charge on any atom is -0.342 e. The Labute approximate surface area is 111 Å². The summed E-state index contributed by atoms with van der Waals surface area (Å²) in [5.74, 6) is -0.242. The van der Waals surface area contributed by atoms with E-state index >= 15 is 0 Å². The Morgan fingerprint density at radius 2 is 2.06 bits per heavy atom. The predicted molar refractivity (Wildman–Crippen MR) is 70.6 cm³/mol. The average molecular weight is 267 g/mol. The minimum atomic E-state index is -0.893. The van der Waals surface area contributed by atoms with E-state index in [1.807, 2.05) is 6.07 Å². The Hall–Kier alpha value is -1.55. The molecule has 0 atom stereocenters. The van der Waals surface area contributed by atoms with Crippen molar-refractivity contribution in [3.05, 3.63) is 29.3 Å². The number of amides is 2. The van der Waals surface area contributed by atoms with Crippen molar-refractivity contribution >= 4 is 29.1 Å². The molecule has 0 spiro atoms. The van der Waals surface area contributed by atoms with E-state index < -0.39 is 5.54 Å².